The van der Waals surface area contributed by atoms with Crippen LogP contribution in [0.3, 0.4) is 0 Å². The van der Waals surface area contributed by atoms with E-state index in [1.54, 1.807) is 55.9 Å². The minimum atomic E-state index is -3.46. The van der Waals surface area contributed by atoms with Crippen molar-refractivity contribution in [1.82, 2.24) is 10.3 Å². The first-order chi connectivity index (χ1) is 14.5. The molecule has 2 unspecified atom stereocenters. The number of sulfone groups is 1. The maximum absolute atomic E-state index is 13.0. The Balaban J connectivity index is 1.42. The largest absolute Gasteiger partial charge is 0.449 e. The molecule has 8 heteroatoms. The highest BCUT2D eigenvalue weighted by Gasteiger charge is 2.36. The summed E-state index contributed by atoms with van der Waals surface area (Å²) in [5.41, 5.74) is 1.35. The van der Waals surface area contributed by atoms with Crippen LogP contribution in [-0.4, -0.2) is 37.8 Å². The Morgan fingerprint density at radius 3 is 2.70 bits per heavy atom. The highest BCUT2D eigenvalue weighted by molar-refractivity contribution is 7.92. The molecule has 1 aliphatic rings. The lowest BCUT2D eigenvalue weighted by Gasteiger charge is -2.30. The zero-order chi connectivity index (χ0) is 21.1. The predicted octanol–water partition coefficient (Wildman–Crippen LogP) is 3.49. The molecule has 1 amide bonds. The van der Waals surface area contributed by atoms with Gasteiger partial charge >= 0.3 is 0 Å². The Hall–Kier alpha value is -2.71. The van der Waals surface area contributed by atoms with Crippen LogP contribution >= 0.6 is 0 Å². The van der Waals surface area contributed by atoms with Gasteiger partial charge in [0.25, 0.3) is 5.91 Å². The van der Waals surface area contributed by atoms with Crippen LogP contribution in [0.4, 0.5) is 0 Å². The molecule has 0 aliphatic heterocycles. The summed E-state index contributed by atoms with van der Waals surface area (Å²) in [6, 6.07) is 10.1. The van der Waals surface area contributed by atoms with Gasteiger partial charge in [0.15, 0.2) is 21.2 Å². The van der Waals surface area contributed by atoms with E-state index in [4.69, 9.17) is 9.15 Å². The lowest BCUT2D eigenvalue weighted by molar-refractivity contribution is 0.0738. The zero-order valence-electron chi connectivity index (χ0n) is 16.7. The number of hydrogen-bond acceptors (Lipinski definition) is 6. The second kappa shape index (κ2) is 8.57. The highest BCUT2D eigenvalue weighted by atomic mass is 32.2. The molecule has 3 aromatic rings. The van der Waals surface area contributed by atoms with Crippen molar-refractivity contribution in [3.05, 3.63) is 60.1 Å². The van der Waals surface area contributed by atoms with Crippen LogP contribution in [0.25, 0.3) is 11.0 Å². The molecule has 0 spiro atoms. The van der Waals surface area contributed by atoms with Crippen molar-refractivity contribution < 1.29 is 22.4 Å². The van der Waals surface area contributed by atoms with Gasteiger partial charge in [-0.1, -0.05) is 25.0 Å². The second-order valence-electron chi connectivity index (χ2n) is 7.49. The van der Waals surface area contributed by atoms with E-state index >= 15 is 0 Å². The number of carbonyl (C=O) groups is 1. The Kier molecular flexibility index (Phi) is 5.87. The minimum absolute atomic E-state index is 0.208. The van der Waals surface area contributed by atoms with Gasteiger partial charge in [-0.15, -0.1) is 0 Å². The minimum Gasteiger partial charge on any atom is -0.449 e. The number of rotatable bonds is 6. The van der Waals surface area contributed by atoms with Crippen molar-refractivity contribution >= 4 is 26.7 Å². The third-order valence-electron chi connectivity index (χ3n) is 5.59. The number of furan rings is 1. The molecule has 4 rings (SSSR count). The van der Waals surface area contributed by atoms with Gasteiger partial charge < -0.3 is 14.5 Å². The maximum Gasteiger partial charge on any atom is 0.287 e. The lowest BCUT2D eigenvalue weighted by Crippen LogP contribution is -2.38. The normalized spacial score (nSPS) is 19.6. The van der Waals surface area contributed by atoms with Crippen LogP contribution in [0.1, 0.15) is 41.8 Å². The van der Waals surface area contributed by atoms with Crippen LogP contribution in [0.5, 0.6) is 0 Å². The van der Waals surface area contributed by atoms with Gasteiger partial charge in [0, 0.05) is 25.2 Å². The number of ether oxygens (including phenoxy) is 1. The smallest absolute Gasteiger partial charge is 0.287 e. The molecule has 1 fully saturated rings. The number of hydrogen-bond donors (Lipinski definition) is 1. The van der Waals surface area contributed by atoms with Gasteiger partial charge in [0.2, 0.25) is 0 Å². The number of carbonyl (C=O) groups excluding carboxylic acids is 1. The summed E-state index contributed by atoms with van der Waals surface area (Å²) in [6.45, 7) is 0.262. The van der Waals surface area contributed by atoms with Crippen LogP contribution < -0.4 is 5.32 Å². The molecule has 158 valence electrons. The molecular weight excluding hydrogens is 404 g/mol. The molecule has 30 heavy (non-hydrogen) atoms. The quantitative estimate of drug-likeness (QED) is 0.645. The summed E-state index contributed by atoms with van der Waals surface area (Å²) < 4.78 is 37.0. The van der Waals surface area contributed by atoms with Crippen molar-refractivity contribution in [2.45, 2.75) is 48.5 Å². The maximum atomic E-state index is 13.0. The number of methoxy groups -OCH3 is 1. The van der Waals surface area contributed by atoms with Crippen molar-refractivity contribution in [2.75, 3.05) is 7.11 Å². The number of aromatic nitrogens is 1. The molecule has 1 aromatic carbocycles. The fourth-order valence-corrected chi connectivity index (χ4v) is 5.91. The summed E-state index contributed by atoms with van der Waals surface area (Å²) in [6.07, 6.45) is 6.20. The summed E-state index contributed by atoms with van der Waals surface area (Å²) in [5, 5.41) is 3.09. The number of nitrogens with zero attached hydrogens (tertiary/aromatic N) is 1. The van der Waals surface area contributed by atoms with Gasteiger partial charge in [-0.25, -0.2) is 8.42 Å². The van der Waals surface area contributed by atoms with E-state index in [2.05, 4.69) is 10.3 Å². The van der Waals surface area contributed by atoms with E-state index in [0.29, 0.717) is 12.0 Å². The zero-order valence-corrected chi connectivity index (χ0v) is 17.5. The Morgan fingerprint density at radius 2 is 1.97 bits per heavy atom. The van der Waals surface area contributed by atoms with E-state index in [0.717, 1.165) is 30.2 Å². The first kappa shape index (κ1) is 20.6. The van der Waals surface area contributed by atoms with Crippen molar-refractivity contribution in [2.24, 2.45) is 0 Å². The van der Waals surface area contributed by atoms with Gasteiger partial charge in [-0.2, -0.15) is 0 Å². The van der Waals surface area contributed by atoms with Gasteiger partial charge in [0.05, 0.1) is 22.4 Å². The first-order valence-electron chi connectivity index (χ1n) is 9.96. The summed E-state index contributed by atoms with van der Waals surface area (Å²) in [5.74, 6) is -0.131. The lowest BCUT2D eigenvalue weighted by atomic mass is 9.97. The SMILES string of the molecule is COC1CCCCC1S(=O)(=O)c1ccc(CNC(=O)c2cc3ccncc3o2)cc1. The highest BCUT2D eigenvalue weighted by Crippen LogP contribution is 2.30. The number of pyridine rings is 1. The molecule has 7 nitrogen and oxygen atoms in total. The van der Waals surface area contributed by atoms with Gasteiger partial charge in [0.1, 0.15) is 0 Å². The van der Waals surface area contributed by atoms with Gasteiger partial charge in [-0.3, -0.25) is 9.78 Å². The van der Waals surface area contributed by atoms with E-state index in [1.807, 2.05) is 0 Å². The third-order valence-corrected chi connectivity index (χ3v) is 7.86. The third kappa shape index (κ3) is 4.11. The molecule has 0 radical (unpaired) electrons. The van der Waals surface area contributed by atoms with Crippen LogP contribution in [0.15, 0.2) is 58.1 Å². The molecule has 2 atom stereocenters. The molecular formula is C22H24N2O5S. The van der Waals surface area contributed by atoms with Crippen LogP contribution in [-0.2, 0) is 21.1 Å². The second-order valence-corrected chi connectivity index (χ2v) is 9.66. The predicted molar refractivity (Wildman–Crippen MR) is 112 cm³/mol. The summed E-state index contributed by atoms with van der Waals surface area (Å²) in [7, 11) is -1.89. The summed E-state index contributed by atoms with van der Waals surface area (Å²) in [4.78, 5) is 16.6. The first-order valence-corrected chi connectivity index (χ1v) is 11.5. The number of fused-ring (bicyclic) bond motifs is 1. The monoisotopic (exact) mass is 428 g/mol. The standard InChI is InChI=1S/C22H24N2O5S/c1-28-18-4-2-3-5-21(18)30(26,27)17-8-6-15(7-9-17)13-24-22(25)19-12-16-10-11-23-14-20(16)29-19/h6-12,14,18,21H,2-5,13H2,1H3,(H,24,25). The molecule has 0 bridgehead atoms. The summed E-state index contributed by atoms with van der Waals surface area (Å²) >= 11 is 0. The number of amides is 1. The van der Waals surface area contributed by atoms with Crippen LogP contribution in [0.2, 0.25) is 0 Å². The van der Waals surface area contributed by atoms with E-state index in [1.165, 1.54) is 0 Å². The number of nitrogens with one attached hydrogen (secondary N) is 1. The molecule has 2 heterocycles. The van der Waals surface area contributed by atoms with E-state index in [-0.39, 0.29) is 29.2 Å². The fourth-order valence-electron chi connectivity index (χ4n) is 3.92. The van der Waals surface area contributed by atoms with E-state index in [9.17, 15) is 13.2 Å². The molecule has 2 aromatic heterocycles. The fraction of sp³-hybridized carbons (Fsp3) is 0.364. The molecule has 1 saturated carbocycles. The topological polar surface area (TPSA) is 98.5 Å². The van der Waals surface area contributed by atoms with Crippen LogP contribution in [0, 0.1) is 0 Å². The molecule has 0 saturated heterocycles. The molecule has 1 N–H and O–H groups in total. The Morgan fingerprint density at radius 1 is 1.20 bits per heavy atom. The average molecular weight is 429 g/mol. The average Bonchev–Trinajstić information content (AvgIpc) is 3.22. The Labute approximate surface area is 175 Å². The number of benzene rings is 1. The van der Waals surface area contributed by atoms with Crippen molar-refractivity contribution in [3.8, 4) is 0 Å². The van der Waals surface area contributed by atoms with E-state index < -0.39 is 15.1 Å². The van der Waals surface area contributed by atoms with Gasteiger partial charge in [-0.05, 0) is 42.7 Å². The molecule has 1 aliphatic carbocycles. The van der Waals surface area contributed by atoms with Crippen molar-refractivity contribution in [3.63, 3.8) is 0 Å². The Bertz CT molecular complexity index is 1100. The van der Waals surface area contributed by atoms with Crippen molar-refractivity contribution in [1.29, 1.82) is 0 Å².